The molecule has 0 unspecified atom stereocenters. The molecule has 0 atom stereocenters. The predicted octanol–water partition coefficient (Wildman–Crippen LogP) is 7.20. The van der Waals surface area contributed by atoms with Crippen molar-refractivity contribution in [1.82, 2.24) is 0 Å². The van der Waals surface area contributed by atoms with Crippen LogP contribution in [-0.2, 0) is 10.1 Å². The van der Waals surface area contributed by atoms with E-state index in [1.807, 2.05) is 0 Å². The summed E-state index contributed by atoms with van der Waals surface area (Å²) >= 11 is 0. The highest BCUT2D eigenvalue weighted by molar-refractivity contribution is 7.88. The highest BCUT2D eigenvalue weighted by Gasteiger charge is 2.49. The van der Waals surface area contributed by atoms with Crippen LogP contribution < -0.4 is 4.18 Å². The standard InChI is InChI=1S/C22H25F5O3S/c1-2-3-4-5-14-6-8-15(9-7-14)17-12-16-10-11-19(21(24)20(16)18(23)13-17)30-31(28,29)22(25,26)27/h10-15H,2-9H2,1H3. The van der Waals surface area contributed by atoms with Gasteiger partial charge in [-0.15, -0.1) is 0 Å². The molecule has 0 aliphatic heterocycles. The molecule has 172 valence electrons. The van der Waals surface area contributed by atoms with Crippen LogP contribution in [0, 0.1) is 17.6 Å². The van der Waals surface area contributed by atoms with Gasteiger partial charge in [-0.05, 0) is 60.6 Å². The van der Waals surface area contributed by atoms with Gasteiger partial charge in [0.05, 0.1) is 5.39 Å². The van der Waals surface area contributed by atoms with Gasteiger partial charge in [-0.2, -0.15) is 21.6 Å². The van der Waals surface area contributed by atoms with Crippen LogP contribution in [0.15, 0.2) is 24.3 Å². The molecule has 0 aromatic heterocycles. The third-order valence-electron chi connectivity index (χ3n) is 6.01. The van der Waals surface area contributed by atoms with E-state index in [0.717, 1.165) is 31.7 Å². The normalized spacial score (nSPS) is 20.2. The summed E-state index contributed by atoms with van der Waals surface area (Å²) in [6, 6.07) is 4.75. The fraction of sp³-hybridized carbons (Fsp3) is 0.545. The van der Waals surface area contributed by atoms with E-state index in [-0.39, 0.29) is 11.3 Å². The van der Waals surface area contributed by atoms with Crippen molar-refractivity contribution in [2.24, 2.45) is 5.92 Å². The van der Waals surface area contributed by atoms with Crippen LogP contribution in [0.4, 0.5) is 22.0 Å². The molecule has 0 heterocycles. The molecule has 1 fully saturated rings. The van der Waals surface area contributed by atoms with Crippen LogP contribution in [0.3, 0.4) is 0 Å². The molecule has 1 aliphatic carbocycles. The summed E-state index contributed by atoms with van der Waals surface area (Å²) in [5.74, 6) is -2.82. The molecule has 3 rings (SSSR count). The van der Waals surface area contributed by atoms with E-state index in [9.17, 15) is 30.4 Å². The first kappa shape index (κ1) is 23.8. The first-order chi connectivity index (χ1) is 14.5. The molecule has 0 radical (unpaired) electrons. The molecule has 31 heavy (non-hydrogen) atoms. The molecule has 3 nitrogen and oxygen atoms in total. The Bertz CT molecular complexity index is 1030. The van der Waals surface area contributed by atoms with Gasteiger partial charge in [0.1, 0.15) is 5.82 Å². The van der Waals surface area contributed by atoms with Crippen molar-refractivity contribution in [3.8, 4) is 5.75 Å². The second-order valence-corrected chi connectivity index (χ2v) is 9.71. The van der Waals surface area contributed by atoms with Crippen LogP contribution in [0.5, 0.6) is 5.75 Å². The summed E-state index contributed by atoms with van der Waals surface area (Å²) in [6.45, 7) is 2.17. The Kier molecular flexibility index (Phi) is 7.13. The van der Waals surface area contributed by atoms with E-state index in [1.54, 1.807) is 6.07 Å². The lowest BCUT2D eigenvalue weighted by atomic mass is 9.76. The van der Waals surface area contributed by atoms with Crippen molar-refractivity contribution in [2.45, 2.75) is 69.7 Å². The van der Waals surface area contributed by atoms with Crippen LogP contribution in [-0.4, -0.2) is 13.9 Å². The number of fused-ring (bicyclic) bond motifs is 1. The zero-order valence-corrected chi connectivity index (χ0v) is 18.0. The number of hydrogen-bond acceptors (Lipinski definition) is 3. The lowest BCUT2D eigenvalue weighted by Gasteiger charge is -2.29. The van der Waals surface area contributed by atoms with Gasteiger partial charge >= 0.3 is 15.6 Å². The van der Waals surface area contributed by atoms with Crippen LogP contribution in [0.1, 0.15) is 69.8 Å². The Hall–Kier alpha value is -1.90. The highest BCUT2D eigenvalue weighted by atomic mass is 32.2. The number of benzene rings is 2. The van der Waals surface area contributed by atoms with Gasteiger partial charge in [0.25, 0.3) is 0 Å². The second-order valence-electron chi connectivity index (χ2n) is 8.18. The Labute approximate surface area is 178 Å². The van der Waals surface area contributed by atoms with Crippen LogP contribution in [0.2, 0.25) is 0 Å². The number of rotatable bonds is 7. The Morgan fingerprint density at radius 2 is 1.71 bits per heavy atom. The van der Waals surface area contributed by atoms with Gasteiger partial charge < -0.3 is 4.18 Å². The molecule has 0 bridgehead atoms. The van der Waals surface area contributed by atoms with Gasteiger partial charge in [-0.3, -0.25) is 0 Å². The van der Waals surface area contributed by atoms with Crippen molar-refractivity contribution >= 4 is 20.9 Å². The van der Waals surface area contributed by atoms with Crippen molar-refractivity contribution in [1.29, 1.82) is 0 Å². The maximum Gasteiger partial charge on any atom is 0.534 e. The lowest BCUT2D eigenvalue weighted by molar-refractivity contribution is -0.0500. The fourth-order valence-electron chi connectivity index (χ4n) is 4.31. The van der Waals surface area contributed by atoms with Crippen molar-refractivity contribution in [3.05, 3.63) is 41.5 Å². The van der Waals surface area contributed by atoms with Gasteiger partial charge in [0.2, 0.25) is 0 Å². The molecule has 0 N–H and O–H groups in total. The minimum absolute atomic E-state index is 0.130. The molecule has 1 aliphatic rings. The van der Waals surface area contributed by atoms with Gasteiger partial charge in [-0.1, -0.05) is 44.7 Å². The first-order valence-electron chi connectivity index (χ1n) is 10.5. The summed E-state index contributed by atoms with van der Waals surface area (Å²) in [4.78, 5) is 0. The third kappa shape index (κ3) is 5.30. The molecule has 0 saturated heterocycles. The quantitative estimate of drug-likeness (QED) is 0.188. The zero-order chi connectivity index (χ0) is 22.8. The smallest absolute Gasteiger partial charge is 0.373 e. The minimum Gasteiger partial charge on any atom is -0.373 e. The topological polar surface area (TPSA) is 43.4 Å². The van der Waals surface area contributed by atoms with Gasteiger partial charge in [0, 0.05) is 0 Å². The van der Waals surface area contributed by atoms with Crippen molar-refractivity contribution in [3.63, 3.8) is 0 Å². The van der Waals surface area contributed by atoms with Crippen LogP contribution >= 0.6 is 0 Å². The zero-order valence-electron chi connectivity index (χ0n) is 17.1. The van der Waals surface area contributed by atoms with E-state index >= 15 is 0 Å². The maximum atomic E-state index is 14.7. The largest absolute Gasteiger partial charge is 0.534 e. The maximum absolute atomic E-state index is 14.7. The molecule has 0 spiro atoms. The van der Waals surface area contributed by atoms with E-state index < -0.39 is 38.4 Å². The number of halogens is 5. The van der Waals surface area contributed by atoms with E-state index in [4.69, 9.17) is 0 Å². The molecule has 2 aromatic carbocycles. The first-order valence-corrected chi connectivity index (χ1v) is 11.9. The van der Waals surface area contributed by atoms with Gasteiger partial charge in [0.15, 0.2) is 11.6 Å². The summed E-state index contributed by atoms with van der Waals surface area (Å²) in [7, 11) is -6.06. The molecule has 0 amide bonds. The molecule has 9 heteroatoms. The average Bonchev–Trinajstić information content (AvgIpc) is 2.69. The van der Waals surface area contributed by atoms with Crippen LogP contribution in [0.25, 0.3) is 10.8 Å². The summed E-state index contributed by atoms with van der Waals surface area (Å²) in [5, 5.41) is -0.443. The van der Waals surface area contributed by atoms with E-state index in [1.165, 1.54) is 37.8 Å². The second kappa shape index (κ2) is 9.30. The number of unbranched alkanes of at least 4 members (excludes halogenated alkanes) is 2. The Balaban J connectivity index is 1.81. The summed E-state index contributed by atoms with van der Waals surface area (Å²) < 4.78 is 93.1. The van der Waals surface area contributed by atoms with E-state index in [0.29, 0.717) is 11.5 Å². The third-order valence-corrected chi connectivity index (χ3v) is 6.98. The van der Waals surface area contributed by atoms with Gasteiger partial charge in [-0.25, -0.2) is 8.78 Å². The lowest BCUT2D eigenvalue weighted by Crippen LogP contribution is -2.28. The molecular formula is C22H25F5O3S. The summed E-state index contributed by atoms with van der Waals surface area (Å²) in [5.41, 5.74) is -5.00. The number of alkyl halides is 3. The van der Waals surface area contributed by atoms with Crippen molar-refractivity contribution in [2.75, 3.05) is 0 Å². The molecule has 1 saturated carbocycles. The Morgan fingerprint density at radius 3 is 2.32 bits per heavy atom. The highest BCUT2D eigenvalue weighted by Crippen LogP contribution is 2.40. The number of hydrogen-bond donors (Lipinski definition) is 0. The SMILES string of the molecule is CCCCCC1CCC(c2cc(F)c3c(F)c(OS(=O)(=O)C(F)(F)F)ccc3c2)CC1. The van der Waals surface area contributed by atoms with E-state index in [2.05, 4.69) is 11.1 Å². The fourth-order valence-corrected chi connectivity index (χ4v) is 4.77. The molecule has 2 aromatic rings. The average molecular weight is 464 g/mol. The minimum atomic E-state index is -6.06. The van der Waals surface area contributed by atoms with Crippen molar-refractivity contribution < 1.29 is 34.6 Å². The molecular weight excluding hydrogens is 439 g/mol. The Morgan fingerprint density at radius 1 is 1.03 bits per heavy atom. The monoisotopic (exact) mass is 464 g/mol. The predicted molar refractivity (Wildman–Crippen MR) is 108 cm³/mol. The summed E-state index contributed by atoms with van der Waals surface area (Å²) in [6.07, 6.45) is 8.69.